The normalized spacial score (nSPS) is 13.5. The largest absolute Gasteiger partial charge is 0.349 e. The number of hydrogen-bond donors (Lipinski definition) is 1. The van der Waals surface area contributed by atoms with Crippen molar-refractivity contribution in [1.29, 1.82) is 0 Å². The second-order valence-corrected chi connectivity index (χ2v) is 8.70. The number of carbonyl (C=O) groups is 1. The molecule has 0 aliphatic heterocycles. The highest BCUT2D eigenvalue weighted by Crippen LogP contribution is 2.30. The van der Waals surface area contributed by atoms with Gasteiger partial charge in [0.05, 0.1) is 28.4 Å². The van der Waals surface area contributed by atoms with Gasteiger partial charge in [-0.05, 0) is 72.5 Å². The van der Waals surface area contributed by atoms with Crippen LogP contribution in [0, 0.1) is 5.82 Å². The summed E-state index contributed by atoms with van der Waals surface area (Å²) in [6, 6.07) is 19.5. The second-order valence-electron chi connectivity index (χ2n) is 8.70. The van der Waals surface area contributed by atoms with Gasteiger partial charge in [0.15, 0.2) is 0 Å². The minimum Gasteiger partial charge on any atom is -0.349 e. The summed E-state index contributed by atoms with van der Waals surface area (Å²) in [7, 11) is 1.72. The fourth-order valence-corrected chi connectivity index (χ4v) is 4.32. The van der Waals surface area contributed by atoms with Crippen molar-refractivity contribution in [3.05, 3.63) is 94.8 Å². The van der Waals surface area contributed by atoms with Crippen molar-refractivity contribution in [2.75, 3.05) is 0 Å². The number of aromatic nitrogens is 3. The van der Waals surface area contributed by atoms with Crippen LogP contribution in [0.5, 0.6) is 0 Å². The lowest BCUT2D eigenvalue weighted by molar-refractivity contribution is 0.0951. The van der Waals surface area contributed by atoms with Gasteiger partial charge in [0.25, 0.3) is 5.91 Å². The Morgan fingerprint density at radius 2 is 1.71 bits per heavy atom. The van der Waals surface area contributed by atoms with Crippen molar-refractivity contribution in [3.8, 4) is 16.8 Å². The number of rotatable bonds is 4. The van der Waals surface area contributed by atoms with E-state index in [1.165, 1.54) is 12.1 Å². The summed E-state index contributed by atoms with van der Waals surface area (Å²) >= 11 is 0. The zero-order chi connectivity index (χ0) is 23.4. The third-order valence-electron chi connectivity index (χ3n) is 6.36. The quantitative estimate of drug-likeness (QED) is 0.434. The SMILES string of the molecule is Cn1c(=O)n(-c2ccc(C(=O)NC3CC3)cc2)c2c3cc(-c4ccc(F)cc4)ccc3ncc21. The standard InChI is InChI=1S/C27H21FN4O2/c1-31-24-15-29-23-13-6-18(16-2-7-19(28)8-3-16)14-22(23)25(24)32(27(31)34)21-11-4-17(5-12-21)26(33)30-20-9-10-20/h2-8,11-15,20H,9-10H2,1H3,(H,30,33). The molecule has 0 radical (unpaired) electrons. The average Bonchev–Trinajstić information content (AvgIpc) is 3.64. The van der Waals surface area contributed by atoms with E-state index >= 15 is 0 Å². The van der Waals surface area contributed by atoms with Gasteiger partial charge in [-0.3, -0.25) is 18.9 Å². The van der Waals surface area contributed by atoms with Gasteiger partial charge in [-0.25, -0.2) is 9.18 Å². The van der Waals surface area contributed by atoms with E-state index in [1.807, 2.05) is 18.2 Å². The van der Waals surface area contributed by atoms with Crippen LogP contribution in [-0.4, -0.2) is 26.1 Å². The van der Waals surface area contributed by atoms with Crippen LogP contribution >= 0.6 is 0 Å². The summed E-state index contributed by atoms with van der Waals surface area (Å²) < 4.78 is 16.6. The molecule has 168 valence electrons. The maximum absolute atomic E-state index is 13.4. The van der Waals surface area contributed by atoms with Crippen molar-refractivity contribution < 1.29 is 9.18 Å². The number of nitrogens with zero attached hydrogens (tertiary/aromatic N) is 3. The number of imidazole rings is 1. The second kappa shape index (κ2) is 7.66. The molecular weight excluding hydrogens is 431 g/mol. The third kappa shape index (κ3) is 3.37. The number of hydrogen-bond acceptors (Lipinski definition) is 3. The summed E-state index contributed by atoms with van der Waals surface area (Å²) in [5, 5.41) is 3.79. The number of halogens is 1. The molecule has 3 aromatic carbocycles. The average molecular weight is 452 g/mol. The molecule has 1 amide bonds. The molecule has 0 saturated heterocycles. The molecule has 0 bridgehead atoms. The van der Waals surface area contributed by atoms with E-state index in [4.69, 9.17) is 0 Å². The molecular formula is C27H21FN4O2. The van der Waals surface area contributed by atoms with Gasteiger partial charge in [-0.2, -0.15) is 0 Å². The van der Waals surface area contributed by atoms with E-state index in [0.717, 1.165) is 40.4 Å². The molecule has 7 heteroatoms. The molecule has 1 saturated carbocycles. The van der Waals surface area contributed by atoms with Crippen LogP contribution in [0.25, 0.3) is 38.8 Å². The van der Waals surface area contributed by atoms with Gasteiger partial charge in [0.2, 0.25) is 0 Å². The van der Waals surface area contributed by atoms with E-state index in [-0.39, 0.29) is 23.5 Å². The lowest BCUT2D eigenvalue weighted by Gasteiger charge is -2.09. The Hall–Kier alpha value is -4.26. The van der Waals surface area contributed by atoms with Crippen LogP contribution in [0.4, 0.5) is 4.39 Å². The van der Waals surface area contributed by atoms with E-state index in [2.05, 4.69) is 10.3 Å². The van der Waals surface area contributed by atoms with Gasteiger partial charge in [0, 0.05) is 24.0 Å². The topological polar surface area (TPSA) is 68.9 Å². The number of fused-ring (bicyclic) bond motifs is 3. The molecule has 2 aromatic heterocycles. The molecule has 2 heterocycles. The van der Waals surface area contributed by atoms with E-state index < -0.39 is 0 Å². The monoisotopic (exact) mass is 452 g/mol. The molecule has 0 atom stereocenters. The van der Waals surface area contributed by atoms with Gasteiger partial charge < -0.3 is 5.32 Å². The summed E-state index contributed by atoms with van der Waals surface area (Å²) in [5.41, 5.74) is 4.98. The Bertz CT molecular complexity index is 1630. The minimum absolute atomic E-state index is 0.0992. The zero-order valence-corrected chi connectivity index (χ0v) is 18.5. The number of carbonyl (C=O) groups excluding carboxylic acids is 1. The molecule has 5 aromatic rings. The Balaban J connectivity index is 1.52. The Morgan fingerprint density at radius 1 is 1.00 bits per heavy atom. The fraction of sp³-hybridized carbons (Fsp3) is 0.148. The summed E-state index contributed by atoms with van der Waals surface area (Å²) in [6.45, 7) is 0. The molecule has 34 heavy (non-hydrogen) atoms. The first-order chi connectivity index (χ1) is 16.5. The predicted molar refractivity (Wildman–Crippen MR) is 130 cm³/mol. The van der Waals surface area contributed by atoms with Gasteiger partial charge in [-0.15, -0.1) is 0 Å². The number of amides is 1. The first-order valence-corrected chi connectivity index (χ1v) is 11.2. The van der Waals surface area contributed by atoms with Gasteiger partial charge in [-0.1, -0.05) is 18.2 Å². The minimum atomic E-state index is -0.292. The molecule has 0 spiro atoms. The molecule has 6 nitrogen and oxygen atoms in total. The number of nitrogens with one attached hydrogen (secondary N) is 1. The van der Waals surface area contributed by atoms with Crippen LogP contribution in [-0.2, 0) is 7.05 Å². The Morgan fingerprint density at radius 3 is 2.41 bits per heavy atom. The van der Waals surface area contributed by atoms with Gasteiger partial charge in [0.1, 0.15) is 5.82 Å². The Labute approximate surface area is 194 Å². The van der Waals surface area contributed by atoms with Crippen molar-refractivity contribution >= 4 is 27.8 Å². The van der Waals surface area contributed by atoms with Crippen LogP contribution in [0.1, 0.15) is 23.2 Å². The molecule has 1 aliphatic carbocycles. The number of benzene rings is 3. The maximum atomic E-state index is 13.4. The highest BCUT2D eigenvalue weighted by Gasteiger charge is 2.24. The highest BCUT2D eigenvalue weighted by atomic mass is 19.1. The van der Waals surface area contributed by atoms with Crippen LogP contribution in [0.3, 0.4) is 0 Å². The lowest BCUT2D eigenvalue weighted by Crippen LogP contribution is -2.25. The smallest absolute Gasteiger partial charge is 0.333 e. The lowest BCUT2D eigenvalue weighted by atomic mass is 10.0. The van der Waals surface area contributed by atoms with Crippen LogP contribution < -0.4 is 11.0 Å². The van der Waals surface area contributed by atoms with E-state index in [1.54, 1.807) is 58.8 Å². The highest BCUT2D eigenvalue weighted by molar-refractivity contribution is 6.04. The van der Waals surface area contributed by atoms with Crippen LogP contribution in [0.15, 0.2) is 77.7 Å². The molecule has 0 unspecified atom stereocenters. The number of pyridine rings is 1. The maximum Gasteiger partial charge on any atom is 0.333 e. The first-order valence-electron chi connectivity index (χ1n) is 11.2. The van der Waals surface area contributed by atoms with Crippen molar-refractivity contribution in [3.63, 3.8) is 0 Å². The van der Waals surface area contributed by atoms with Crippen molar-refractivity contribution in [2.45, 2.75) is 18.9 Å². The predicted octanol–water partition coefficient (Wildman–Crippen LogP) is 4.58. The van der Waals surface area contributed by atoms with Gasteiger partial charge >= 0.3 is 5.69 Å². The molecule has 1 N–H and O–H groups in total. The van der Waals surface area contributed by atoms with Crippen LogP contribution in [0.2, 0.25) is 0 Å². The third-order valence-corrected chi connectivity index (χ3v) is 6.36. The number of aryl methyl sites for hydroxylation is 1. The summed E-state index contributed by atoms with van der Waals surface area (Å²) in [6.07, 6.45) is 3.75. The summed E-state index contributed by atoms with van der Waals surface area (Å²) in [4.78, 5) is 30.2. The first kappa shape index (κ1) is 20.4. The van der Waals surface area contributed by atoms with E-state index in [0.29, 0.717) is 16.8 Å². The molecule has 1 aliphatic rings. The van der Waals surface area contributed by atoms with Crippen molar-refractivity contribution in [2.24, 2.45) is 7.05 Å². The zero-order valence-electron chi connectivity index (χ0n) is 18.5. The fourth-order valence-electron chi connectivity index (χ4n) is 4.32. The summed E-state index contributed by atoms with van der Waals surface area (Å²) in [5.74, 6) is -0.391. The van der Waals surface area contributed by atoms with Crippen molar-refractivity contribution in [1.82, 2.24) is 19.4 Å². The van der Waals surface area contributed by atoms with E-state index in [9.17, 15) is 14.0 Å². The molecule has 6 rings (SSSR count). The Kier molecular flexibility index (Phi) is 4.58. The molecule has 1 fully saturated rings.